The summed E-state index contributed by atoms with van der Waals surface area (Å²) in [5, 5.41) is 9.12. The van der Waals surface area contributed by atoms with Crippen LogP contribution in [-0.2, 0) is 32.6 Å². The fraction of sp³-hybridized carbons (Fsp3) is 0.375. The molecule has 2 aromatic carbocycles. The van der Waals surface area contributed by atoms with Crippen LogP contribution in [0.2, 0.25) is 0 Å². The van der Waals surface area contributed by atoms with Gasteiger partial charge in [0.05, 0.1) is 16.9 Å². The van der Waals surface area contributed by atoms with Crippen LogP contribution < -0.4 is 16.0 Å². The van der Waals surface area contributed by atoms with Crippen LogP contribution in [0.1, 0.15) is 54.0 Å². The minimum Gasteiger partial charge on any atom is -0.326 e. The first-order valence-electron chi connectivity index (χ1n) is 14.4. The van der Waals surface area contributed by atoms with E-state index < -0.39 is 34.4 Å². The lowest BCUT2D eigenvalue weighted by atomic mass is 9.70. The Balaban J connectivity index is 1.12. The zero-order chi connectivity index (χ0) is 29.1. The van der Waals surface area contributed by atoms with Crippen molar-refractivity contribution in [2.24, 2.45) is 5.41 Å². The summed E-state index contributed by atoms with van der Waals surface area (Å²) in [6.45, 7) is 1.18. The van der Waals surface area contributed by atoms with E-state index in [-0.39, 0.29) is 18.4 Å². The van der Waals surface area contributed by atoms with Gasteiger partial charge in [-0.05, 0) is 98.6 Å². The molecule has 2 spiro atoms. The predicted octanol–water partition coefficient (Wildman–Crippen LogP) is 4.02. The van der Waals surface area contributed by atoms with Crippen molar-refractivity contribution >= 4 is 29.2 Å². The van der Waals surface area contributed by atoms with E-state index in [1.807, 2.05) is 24.3 Å². The molecule has 3 aromatic rings. The maximum absolute atomic E-state index is 14.2. The number of carbonyl (C=O) groups is 3. The number of pyridine rings is 1. The lowest BCUT2D eigenvalue weighted by Gasteiger charge is -2.47. The number of nitrogens with one attached hydrogen (secondary N) is 3. The maximum Gasteiger partial charge on any atom is 0.244 e. The number of hydrogen-bond acceptors (Lipinski definition) is 5. The van der Waals surface area contributed by atoms with E-state index in [0.717, 1.165) is 22.8 Å². The van der Waals surface area contributed by atoms with Gasteiger partial charge in [0, 0.05) is 23.5 Å². The van der Waals surface area contributed by atoms with Gasteiger partial charge in [-0.2, -0.15) is 0 Å². The molecule has 2 atom stereocenters. The van der Waals surface area contributed by atoms with Crippen LogP contribution in [0.3, 0.4) is 0 Å². The van der Waals surface area contributed by atoms with Gasteiger partial charge in [-0.3, -0.25) is 14.4 Å². The van der Waals surface area contributed by atoms with Gasteiger partial charge in [0.15, 0.2) is 0 Å². The number of aromatic nitrogens is 1. The number of piperidine rings is 2. The maximum atomic E-state index is 14.2. The van der Waals surface area contributed by atoms with Gasteiger partial charge in [-0.15, -0.1) is 0 Å². The van der Waals surface area contributed by atoms with Gasteiger partial charge in [0.1, 0.15) is 24.0 Å². The van der Waals surface area contributed by atoms with Crippen LogP contribution in [0.4, 0.5) is 20.3 Å². The zero-order valence-corrected chi connectivity index (χ0v) is 23.0. The summed E-state index contributed by atoms with van der Waals surface area (Å²) in [5.41, 5.74) is 2.50. The smallest absolute Gasteiger partial charge is 0.244 e. The van der Waals surface area contributed by atoms with E-state index in [1.165, 1.54) is 17.0 Å². The molecule has 216 valence electrons. The van der Waals surface area contributed by atoms with Gasteiger partial charge >= 0.3 is 0 Å². The Labute approximate surface area is 241 Å². The molecular weight excluding hydrogens is 540 g/mol. The second kappa shape index (κ2) is 9.97. The Kier molecular flexibility index (Phi) is 6.34. The van der Waals surface area contributed by atoms with E-state index in [2.05, 4.69) is 20.9 Å². The molecule has 0 bridgehead atoms. The lowest BCUT2D eigenvalue weighted by Crippen LogP contribution is -2.55. The molecule has 3 N–H and O–H groups in total. The first kappa shape index (κ1) is 26.7. The molecule has 42 heavy (non-hydrogen) atoms. The van der Waals surface area contributed by atoms with E-state index in [9.17, 15) is 23.2 Å². The van der Waals surface area contributed by atoms with Gasteiger partial charge < -0.3 is 20.9 Å². The molecule has 0 radical (unpaired) electrons. The number of likely N-dealkylation sites (tertiary alicyclic amines) is 1. The van der Waals surface area contributed by atoms with Crippen molar-refractivity contribution in [2.45, 2.75) is 50.0 Å². The topological polar surface area (TPSA) is 103 Å². The molecule has 7 rings (SSSR count). The molecule has 0 saturated carbocycles. The molecule has 2 unspecified atom stereocenters. The largest absolute Gasteiger partial charge is 0.326 e. The number of rotatable bonds is 4. The monoisotopic (exact) mass is 571 g/mol. The molecular formula is C32H31F2N5O3. The number of anilines is 2. The molecule has 3 aliphatic heterocycles. The summed E-state index contributed by atoms with van der Waals surface area (Å²) in [6.07, 6.45) is 5.13. The Morgan fingerprint density at radius 2 is 1.76 bits per heavy atom. The molecule has 4 heterocycles. The van der Waals surface area contributed by atoms with Crippen molar-refractivity contribution in [2.75, 3.05) is 30.3 Å². The number of amides is 3. The van der Waals surface area contributed by atoms with Crippen LogP contribution >= 0.6 is 0 Å². The highest BCUT2D eigenvalue weighted by molar-refractivity contribution is 6.06. The molecule has 2 saturated heterocycles. The summed E-state index contributed by atoms with van der Waals surface area (Å²) in [6, 6.07) is 12.1. The lowest BCUT2D eigenvalue weighted by molar-refractivity contribution is -0.154. The van der Waals surface area contributed by atoms with Crippen molar-refractivity contribution < 1.29 is 23.2 Å². The average molecular weight is 572 g/mol. The highest BCUT2D eigenvalue weighted by Crippen LogP contribution is 2.48. The number of fused-ring (bicyclic) bond motifs is 3. The fourth-order valence-electron chi connectivity index (χ4n) is 7.49. The van der Waals surface area contributed by atoms with Gasteiger partial charge in [-0.1, -0.05) is 12.1 Å². The van der Waals surface area contributed by atoms with Crippen molar-refractivity contribution in [3.05, 3.63) is 88.6 Å². The number of carbonyl (C=O) groups excluding carboxylic acids is 3. The van der Waals surface area contributed by atoms with Crippen LogP contribution in [0.5, 0.6) is 0 Å². The summed E-state index contributed by atoms with van der Waals surface area (Å²) in [5.74, 6) is -1.45. The van der Waals surface area contributed by atoms with Crippen LogP contribution in [0.15, 0.2) is 54.7 Å². The zero-order valence-electron chi connectivity index (χ0n) is 23.0. The Morgan fingerprint density at radius 3 is 2.55 bits per heavy atom. The van der Waals surface area contributed by atoms with E-state index in [1.54, 1.807) is 12.3 Å². The van der Waals surface area contributed by atoms with Crippen molar-refractivity contribution in [1.29, 1.82) is 0 Å². The average Bonchev–Trinajstić information content (AvgIpc) is 3.48. The second-order valence-electron chi connectivity index (χ2n) is 12.0. The second-order valence-corrected chi connectivity index (χ2v) is 12.0. The van der Waals surface area contributed by atoms with Crippen LogP contribution in [0.25, 0.3) is 0 Å². The molecule has 4 aliphatic rings. The third-order valence-electron chi connectivity index (χ3n) is 9.60. The highest BCUT2D eigenvalue weighted by atomic mass is 19.1. The third kappa shape index (κ3) is 4.36. The minimum atomic E-state index is -0.717. The summed E-state index contributed by atoms with van der Waals surface area (Å²) < 4.78 is 28.3. The van der Waals surface area contributed by atoms with Gasteiger partial charge in [-0.25, -0.2) is 13.8 Å². The first-order valence-corrected chi connectivity index (χ1v) is 14.4. The van der Waals surface area contributed by atoms with E-state index >= 15 is 0 Å². The molecule has 8 nitrogen and oxygen atoms in total. The van der Waals surface area contributed by atoms with Crippen molar-refractivity contribution in [1.82, 2.24) is 15.2 Å². The minimum absolute atomic E-state index is 0.0757. The summed E-state index contributed by atoms with van der Waals surface area (Å²) in [7, 11) is 0. The predicted molar refractivity (Wildman–Crippen MR) is 152 cm³/mol. The number of hydrogen-bond donors (Lipinski definition) is 3. The van der Waals surface area contributed by atoms with Crippen LogP contribution in [0, 0.1) is 17.0 Å². The Bertz CT molecular complexity index is 1600. The van der Waals surface area contributed by atoms with Crippen molar-refractivity contribution in [3.63, 3.8) is 0 Å². The first-order chi connectivity index (χ1) is 20.3. The molecule has 1 aromatic heterocycles. The number of halogens is 2. The van der Waals surface area contributed by atoms with E-state index in [0.29, 0.717) is 68.7 Å². The summed E-state index contributed by atoms with van der Waals surface area (Å²) in [4.78, 5) is 46.3. The van der Waals surface area contributed by atoms with Gasteiger partial charge in [0.25, 0.3) is 0 Å². The fourth-order valence-corrected chi connectivity index (χ4v) is 7.49. The number of benzene rings is 2. The van der Waals surface area contributed by atoms with Crippen molar-refractivity contribution in [3.8, 4) is 0 Å². The Hall–Kier alpha value is -4.18. The SMILES string of the molecule is O=C(CN1C(=O)C2(CCNCC2)CCC1c1cc(F)cc(F)c1)Nc1ccc2c(c1)CC1(C2)C(=O)Nc2ncccc21. The van der Waals surface area contributed by atoms with E-state index in [4.69, 9.17) is 0 Å². The standard InChI is InChI=1S/C32H31F2N5O3/c33-22-12-20(13-23(34)15-22)26-5-6-31(7-10-35-11-8-31)30(42)39(26)18-27(40)37-24-4-3-19-16-32(17-21(19)14-24)25-2-1-9-36-28(25)38-29(32)41/h1-4,9,12-15,26,35H,5-8,10-11,16-18H2,(H,37,40)(H,36,38,41). The molecule has 10 heteroatoms. The highest BCUT2D eigenvalue weighted by Gasteiger charge is 2.51. The normalized spacial score (nSPS) is 24.0. The van der Waals surface area contributed by atoms with Gasteiger partial charge in [0.2, 0.25) is 17.7 Å². The molecule has 2 fully saturated rings. The third-order valence-corrected chi connectivity index (χ3v) is 9.60. The number of nitrogens with zero attached hydrogens (tertiary/aromatic N) is 2. The Morgan fingerprint density at radius 1 is 1.00 bits per heavy atom. The summed E-state index contributed by atoms with van der Waals surface area (Å²) >= 11 is 0. The molecule has 1 aliphatic carbocycles. The van der Waals surface area contributed by atoms with Crippen LogP contribution in [-0.4, -0.2) is 47.2 Å². The quantitative estimate of drug-likeness (QED) is 0.439. The molecule has 3 amide bonds.